The summed E-state index contributed by atoms with van der Waals surface area (Å²) in [7, 11) is 1.39. The van der Waals surface area contributed by atoms with Crippen molar-refractivity contribution < 1.29 is 19.4 Å². The summed E-state index contributed by atoms with van der Waals surface area (Å²) in [4.78, 5) is 26.3. The van der Waals surface area contributed by atoms with Crippen molar-refractivity contribution in [3.8, 4) is 0 Å². The zero-order valence-corrected chi connectivity index (χ0v) is 11.4. The highest BCUT2D eigenvalue weighted by Gasteiger charge is 2.44. The van der Waals surface area contributed by atoms with Crippen LogP contribution in [0.1, 0.15) is 29.6 Å². The summed E-state index contributed by atoms with van der Waals surface area (Å²) in [5.74, 6) is -0.386. The van der Waals surface area contributed by atoms with Crippen molar-refractivity contribution in [1.29, 1.82) is 0 Å². The number of esters is 1. The van der Waals surface area contributed by atoms with E-state index in [1.165, 1.54) is 31.1 Å². The van der Waals surface area contributed by atoms with Crippen molar-refractivity contribution in [3.63, 3.8) is 0 Å². The van der Waals surface area contributed by atoms with E-state index in [0.717, 1.165) is 18.6 Å². The Kier molecular flexibility index (Phi) is 4.09. The molecule has 2 rings (SSSR count). The Morgan fingerprint density at radius 3 is 2.84 bits per heavy atom. The minimum Gasteiger partial charge on any atom is -0.478 e. The maximum atomic E-state index is 11.3. The fourth-order valence-electron chi connectivity index (χ4n) is 1.78. The van der Waals surface area contributed by atoms with E-state index >= 15 is 0 Å². The van der Waals surface area contributed by atoms with Gasteiger partial charge in [-0.1, -0.05) is 0 Å². The second-order valence-electron chi connectivity index (χ2n) is 4.73. The van der Waals surface area contributed by atoms with Gasteiger partial charge in [0.2, 0.25) is 0 Å². The molecule has 0 unspecified atom stereocenters. The lowest BCUT2D eigenvalue weighted by Gasteiger charge is -2.12. The number of carbonyl (C=O) groups excluding carboxylic acids is 1. The van der Waals surface area contributed by atoms with Crippen LogP contribution in [-0.2, 0) is 9.53 Å². The normalized spacial score (nSPS) is 15.8. The molecule has 1 aromatic heterocycles. The summed E-state index contributed by atoms with van der Waals surface area (Å²) in [6, 6.07) is 3.02. The van der Waals surface area contributed by atoms with Gasteiger partial charge in [-0.25, -0.2) is 9.78 Å². The summed E-state index contributed by atoms with van der Waals surface area (Å²) >= 11 is 1.49. The molecule has 0 amide bonds. The van der Waals surface area contributed by atoms with Gasteiger partial charge in [0.25, 0.3) is 0 Å². The third-order valence-corrected chi connectivity index (χ3v) is 4.49. The first-order chi connectivity index (χ1) is 9.04. The molecule has 0 aromatic carbocycles. The molecule has 1 aliphatic carbocycles. The molecule has 1 heterocycles. The molecule has 0 spiro atoms. The smallest absolute Gasteiger partial charge is 0.335 e. The van der Waals surface area contributed by atoms with E-state index in [-0.39, 0.29) is 16.9 Å². The lowest BCUT2D eigenvalue weighted by Crippen LogP contribution is -2.13. The van der Waals surface area contributed by atoms with Gasteiger partial charge in [-0.3, -0.25) is 4.79 Å². The van der Waals surface area contributed by atoms with Gasteiger partial charge in [0.05, 0.1) is 24.1 Å². The van der Waals surface area contributed by atoms with E-state index < -0.39 is 5.97 Å². The summed E-state index contributed by atoms with van der Waals surface area (Å²) in [6.45, 7) is 0. The number of thioether (sulfide) groups is 1. The lowest BCUT2D eigenvalue weighted by molar-refractivity contribution is -0.141. The number of ether oxygens (including phenoxy) is 1. The predicted octanol–water partition coefficient (Wildman–Crippen LogP) is 2.22. The van der Waals surface area contributed by atoms with E-state index in [9.17, 15) is 9.59 Å². The van der Waals surface area contributed by atoms with Gasteiger partial charge in [0.1, 0.15) is 0 Å². The number of nitrogens with zero attached hydrogens (tertiary/aromatic N) is 1. The second-order valence-corrected chi connectivity index (χ2v) is 5.73. The average Bonchev–Trinajstić information content (AvgIpc) is 3.17. The number of methoxy groups -OCH3 is 1. The van der Waals surface area contributed by atoms with Crippen LogP contribution < -0.4 is 0 Å². The Hall–Kier alpha value is -1.56. The van der Waals surface area contributed by atoms with Crippen LogP contribution in [0, 0.1) is 5.41 Å². The minimum absolute atomic E-state index is 0.0126. The molecular formula is C13H15NO4S. The van der Waals surface area contributed by atoms with Gasteiger partial charge in [-0.2, -0.15) is 0 Å². The lowest BCUT2D eigenvalue weighted by atomic mass is 10.1. The molecule has 0 saturated heterocycles. The fraction of sp³-hybridized carbons (Fsp3) is 0.462. The van der Waals surface area contributed by atoms with Crippen LogP contribution in [0.3, 0.4) is 0 Å². The summed E-state index contributed by atoms with van der Waals surface area (Å²) in [6.07, 6.45) is 3.93. The van der Waals surface area contributed by atoms with E-state index in [4.69, 9.17) is 5.11 Å². The first-order valence-corrected chi connectivity index (χ1v) is 6.92. The van der Waals surface area contributed by atoms with Crippen LogP contribution in [0.2, 0.25) is 0 Å². The van der Waals surface area contributed by atoms with Gasteiger partial charge in [0, 0.05) is 11.9 Å². The molecule has 0 bridgehead atoms. The number of aromatic nitrogens is 1. The molecule has 1 N–H and O–H groups in total. The Balaban J connectivity index is 1.94. The quantitative estimate of drug-likeness (QED) is 0.636. The number of carboxylic acids is 1. The molecule has 0 radical (unpaired) electrons. The number of hydrogen-bond donors (Lipinski definition) is 1. The maximum absolute atomic E-state index is 11.3. The van der Waals surface area contributed by atoms with Crippen molar-refractivity contribution in [2.24, 2.45) is 5.41 Å². The van der Waals surface area contributed by atoms with Crippen molar-refractivity contribution in [2.75, 3.05) is 12.9 Å². The third-order valence-electron chi connectivity index (χ3n) is 3.21. The van der Waals surface area contributed by atoms with Gasteiger partial charge in [0.15, 0.2) is 0 Å². The molecule has 6 heteroatoms. The molecule has 102 valence electrons. The van der Waals surface area contributed by atoms with Crippen LogP contribution in [0.4, 0.5) is 0 Å². The zero-order chi connectivity index (χ0) is 13.9. The fourth-order valence-corrected chi connectivity index (χ4v) is 2.97. The molecule has 0 aliphatic heterocycles. The van der Waals surface area contributed by atoms with Crippen molar-refractivity contribution >= 4 is 23.7 Å². The Morgan fingerprint density at radius 2 is 2.26 bits per heavy atom. The molecule has 1 fully saturated rings. The molecule has 1 saturated carbocycles. The SMILES string of the molecule is COC(=O)CC1(CSc2cc(C(=O)O)ccn2)CC1. The van der Waals surface area contributed by atoms with Gasteiger partial charge in [-0.15, -0.1) is 11.8 Å². The number of pyridine rings is 1. The van der Waals surface area contributed by atoms with Crippen LogP contribution in [0.5, 0.6) is 0 Å². The van der Waals surface area contributed by atoms with E-state index in [1.807, 2.05) is 0 Å². The molecular weight excluding hydrogens is 266 g/mol. The van der Waals surface area contributed by atoms with Crippen molar-refractivity contribution in [1.82, 2.24) is 4.98 Å². The van der Waals surface area contributed by atoms with Crippen LogP contribution >= 0.6 is 11.8 Å². The number of carbonyl (C=O) groups is 2. The highest BCUT2D eigenvalue weighted by atomic mass is 32.2. The van der Waals surface area contributed by atoms with Crippen LogP contribution in [-0.4, -0.2) is 34.9 Å². The number of hydrogen-bond acceptors (Lipinski definition) is 5. The third kappa shape index (κ3) is 3.70. The zero-order valence-electron chi connectivity index (χ0n) is 10.6. The van der Waals surface area contributed by atoms with Crippen molar-refractivity contribution in [3.05, 3.63) is 23.9 Å². The highest BCUT2D eigenvalue weighted by Crippen LogP contribution is 2.51. The maximum Gasteiger partial charge on any atom is 0.335 e. The first kappa shape index (κ1) is 13.9. The number of aromatic carboxylic acids is 1. The summed E-state index contributed by atoms with van der Waals surface area (Å²) in [5.41, 5.74) is 0.244. The standard InChI is InChI=1S/C13H15NO4S/c1-18-11(15)7-13(3-4-13)8-19-10-6-9(12(16)17)2-5-14-10/h2,5-6H,3-4,7-8H2,1H3,(H,16,17). The Bertz CT molecular complexity index is 499. The molecule has 1 aliphatic rings. The van der Waals surface area contributed by atoms with Gasteiger partial charge >= 0.3 is 11.9 Å². The van der Waals surface area contributed by atoms with E-state index in [1.54, 1.807) is 6.07 Å². The minimum atomic E-state index is -0.958. The van der Waals surface area contributed by atoms with E-state index in [2.05, 4.69) is 9.72 Å². The van der Waals surface area contributed by atoms with Gasteiger partial charge < -0.3 is 9.84 Å². The molecule has 19 heavy (non-hydrogen) atoms. The largest absolute Gasteiger partial charge is 0.478 e. The van der Waals surface area contributed by atoms with Crippen molar-refractivity contribution in [2.45, 2.75) is 24.3 Å². The Labute approximate surface area is 115 Å². The number of carboxylic acid groups (broad SMARTS) is 1. The molecule has 1 aromatic rings. The topological polar surface area (TPSA) is 76.5 Å². The Morgan fingerprint density at radius 1 is 1.53 bits per heavy atom. The van der Waals surface area contributed by atoms with Crippen LogP contribution in [0.15, 0.2) is 23.4 Å². The first-order valence-electron chi connectivity index (χ1n) is 5.94. The van der Waals surface area contributed by atoms with Gasteiger partial charge in [-0.05, 0) is 30.4 Å². The van der Waals surface area contributed by atoms with Crippen LogP contribution in [0.25, 0.3) is 0 Å². The average molecular weight is 281 g/mol. The molecule has 5 nitrogen and oxygen atoms in total. The summed E-state index contributed by atoms with van der Waals surface area (Å²) < 4.78 is 4.69. The predicted molar refractivity (Wildman–Crippen MR) is 70.2 cm³/mol. The second kappa shape index (κ2) is 5.61. The summed E-state index contributed by atoms with van der Waals surface area (Å²) in [5, 5.41) is 9.58. The van der Waals surface area contributed by atoms with E-state index in [0.29, 0.717) is 11.4 Å². The monoisotopic (exact) mass is 281 g/mol. The molecule has 0 atom stereocenters. The highest BCUT2D eigenvalue weighted by molar-refractivity contribution is 7.99. The number of rotatable bonds is 6.